The first-order valence-electron chi connectivity index (χ1n) is 10.6. The van der Waals surface area contributed by atoms with Gasteiger partial charge in [-0.3, -0.25) is 14.2 Å². The van der Waals surface area contributed by atoms with Gasteiger partial charge in [0, 0.05) is 11.4 Å². The average Bonchev–Trinajstić information content (AvgIpc) is 3.25. The smallest absolute Gasteiger partial charge is 0.254 e. The van der Waals surface area contributed by atoms with Gasteiger partial charge in [-0.05, 0) is 61.0 Å². The fraction of sp³-hybridized carbons (Fsp3) is 0.120. The van der Waals surface area contributed by atoms with Crippen molar-refractivity contribution in [2.24, 2.45) is 0 Å². The van der Waals surface area contributed by atoms with Crippen molar-refractivity contribution in [3.63, 3.8) is 0 Å². The molecule has 178 valence electrons. The molecule has 2 amide bonds. The largest absolute Gasteiger partial charge is 0.345 e. The van der Waals surface area contributed by atoms with E-state index in [0.717, 1.165) is 17.3 Å². The van der Waals surface area contributed by atoms with Gasteiger partial charge in [0.15, 0.2) is 11.0 Å². The van der Waals surface area contributed by atoms with Crippen molar-refractivity contribution in [2.45, 2.75) is 18.6 Å². The standard InChI is InChI=1S/C25H21F2N5O2S/c1-16-5-4-6-18(13-16)29-23(33)15-35-25-31-30-22(32(25)19-11-9-17(26)10-12-19)14-28-24(34)20-7-2-3-8-21(20)27/h2-13H,14-15H2,1H3,(H,28,34)(H,29,33). The van der Waals surface area contributed by atoms with Crippen LogP contribution >= 0.6 is 11.8 Å². The molecule has 2 N–H and O–H groups in total. The molecule has 10 heteroatoms. The molecule has 35 heavy (non-hydrogen) atoms. The second-order valence-electron chi connectivity index (χ2n) is 7.58. The quantitative estimate of drug-likeness (QED) is 0.353. The Morgan fingerprint density at radius 1 is 0.971 bits per heavy atom. The Morgan fingerprint density at radius 3 is 2.49 bits per heavy atom. The van der Waals surface area contributed by atoms with Crippen LogP contribution in [0.2, 0.25) is 0 Å². The Labute approximate surface area is 204 Å². The Balaban J connectivity index is 1.51. The van der Waals surface area contributed by atoms with Crippen molar-refractivity contribution < 1.29 is 18.4 Å². The number of amides is 2. The van der Waals surface area contributed by atoms with Gasteiger partial charge < -0.3 is 10.6 Å². The molecule has 3 aromatic carbocycles. The van der Waals surface area contributed by atoms with Crippen LogP contribution in [-0.2, 0) is 11.3 Å². The molecule has 0 spiro atoms. The SMILES string of the molecule is Cc1cccc(NC(=O)CSc2nnc(CNC(=O)c3ccccc3F)n2-c2ccc(F)cc2)c1. The number of nitrogens with zero attached hydrogens (tertiary/aromatic N) is 3. The maximum atomic E-state index is 13.9. The molecular weight excluding hydrogens is 472 g/mol. The normalized spacial score (nSPS) is 10.7. The summed E-state index contributed by atoms with van der Waals surface area (Å²) >= 11 is 1.14. The minimum atomic E-state index is -0.638. The summed E-state index contributed by atoms with van der Waals surface area (Å²) in [5.74, 6) is -1.51. The minimum Gasteiger partial charge on any atom is -0.345 e. The Kier molecular flexibility index (Phi) is 7.51. The number of aromatic nitrogens is 3. The zero-order chi connectivity index (χ0) is 24.8. The highest BCUT2D eigenvalue weighted by Gasteiger charge is 2.18. The number of hydrogen-bond acceptors (Lipinski definition) is 5. The van der Waals surface area contributed by atoms with Gasteiger partial charge in [-0.1, -0.05) is 36.0 Å². The summed E-state index contributed by atoms with van der Waals surface area (Å²) in [7, 11) is 0. The van der Waals surface area contributed by atoms with Crippen LogP contribution in [0, 0.1) is 18.6 Å². The van der Waals surface area contributed by atoms with Crippen LogP contribution in [0.4, 0.5) is 14.5 Å². The van der Waals surface area contributed by atoms with E-state index in [4.69, 9.17) is 0 Å². The molecule has 1 heterocycles. The fourth-order valence-electron chi connectivity index (χ4n) is 3.31. The maximum Gasteiger partial charge on any atom is 0.254 e. The molecule has 0 radical (unpaired) electrons. The van der Waals surface area contributed by atoms with Crippen LogP contribution in [0.5, 0.6) is 0 Å². The van der Waals surface area contributed by atoms with Gasteiger partial charge in [0.2, 0.25) is 5.91 Å². The first-order chi connectivity index (χ1) is 16.9. The number of halogens is 2. The van der Waals surface area contributed by atoms with Gasteiger partial charge in [-0.25, -0.2) is 8.78 Å². The molecule has 4 aromatic rings. The Bertz CT molecular complexity index is 1360. The first-order valence-corrected chi connectivity index (χ1v) is 11.6. The summed E-state index contributed by atoms with van der Waals surface area (Å²) in [6.45, 7) is 1.87. The molecular formula is C25H21F2N5O2S. The average molecular weight is 494 g/mol. The molecule has 0 bridgehead atoms. The van der Waals surface area contributed by atoms with Gasteiger partial charge in [-0.15, -0.1) is 10.2 Å². The number of hydrogen-bond donors (Lipinski definition) is 2. The van der Waals surface area contributed by atoms with E-state index in [1.807, 2.05) is 25.1 Å². The van der Waals surface area contributed by atoms with Gasteiger partial charge in [0.05, 0.1) is 17.9 Å². The third kappa shape index (κ3) is 6.10. The number of benzene rings is 3. The van der Waals surface area contributed by atoms with Crippen LogP contribution in [-0.4, -0.2) is 32.3 Å². The second-order valence-corrected chi connectivity index (χ2v) is 8.52. The van der Waals surface area contributed by atoms with Crippen molar-refractivity contribution >= 4 is 29.3 Å². The molecule has 1 aromatic heterocycles. The van der Waals surface area contributed by atoms with Gasteiger partial charge in [-0.2, -0.15) is 0 Å². The lowest BCUT2D eigenvalue weighted by Crippen LogP contribution is -2.25. The molecule has 0 atom stereocenters. The number of carbonyl (C=O) groups excluding carboxylic acids is 2. The number of nitrogens with one attached hydrogen (secondary N) is 2. The van der Waals surface area contributed by atoms with Crippen molar-refractivity contribution in [3.8, 4) is 5.69 Å². The highest BCUT2D eigenvalue weighted by atomic mass is 32.2. The number of rotatable bonds is 8. The van der Waals surface area contributed by atoms with Crippen LogP contribution in [0.25, 0.3) is 5.69 Å². The lowest BCUT2D eigenvalue weighted by Gasteiger charge is -2.11. The molecule has 0 unspecified atom stereocenters. The zero-order valence-corrected chi connectivity index (χ0v) is 19.5. The molecule has 0 fully saturated rings. The van der Waals surface area contributed by atoms with Crippen LogP contribution < -0.4 is 10.6 Å². The Hall–Kier alpha value is -4.05. The maximum absolute atomic E-state index is 13.9. The summed E-state index contributed by atoms with van der Waals surface area (Å²) in [5, 5.41) is 14.1. The lowest BCUT2D eigenvalue weighted by atomic mass is 10.2. The fourth-order valence-corrected chi connectivity index (χ4v) is 4.08. The predicted molar refractivity (Wildman–Crippen MR) is 129 cm³/mol. The van der Waals surface area contributed by atoms with Crippen molar-refractivity contribution in [1.82, 2.24) is 20.1 Å². The highest BCUT2D eigenvalue weighted by Crippen LogP contribution is 2.23. The van der Waals surface area contributed by atoms with Crippen LogP contribution in [0.3, 0.4) is 0 Å². The summed E-state index contributed by atoms with van der Waals surface area (Å²) in [5.41, 5.74) is 2.16. The van der Waals surface area contributed by atoms with E-state index < -0.39 is 17.5 Å². The van der Waals surface area contributed by atoms with Gasteiger partial charge in [0.25, 0.3) is 5.91 Å². The third-order valence-corrected chi connectivity index (χ3v) is 5.87. The van der Waals surface area contributed by atoms with Crippen LogP contribution in [0.1, 0.15) is 21.7 Å². The van der Waals surface area contributed by atoms with Crippen molar-refractivity contribution in [1.29, 1.82) is 0 Å². The second kappa shape index (κ2) is 10.9. The van der Waals surface area contributed by atoms with E-state index in [1.54, 1.807) is 16.7 Å². The highest BCUT2D eigenvalue weighted by molar-refractivity contribution is 7.99. The number of anilines is 1. The van der Waals surface area contributed by atoms with E-state index in [-0.39, 0.29) is 23.8 Å². The van der Waals surface area contributed by atoms with E-state index in [2.05, 4.69) is 20.8 Å². The molecule has 0 aliphatic carbocycles. The monoisotopic (exact) mass is 493 g/mol. The van der Waals surface area contributed by atoms with E-state index in [0.29, 0.717) is 22.4 Å². The first kappa shape index (κ1) is 24.1. The minimum absolute atomic E-state index is 0.0505. The zero-order valence-electron chi connectivity index (χ0n) is 18.7. The lowest BCUT2D eigenvalue weighted by molar-refractivity contribution is -0.113. The topological polar surface area (TPSA) is 88.9 Å². The molecule has 0 aliphatic heterocycles. The van der Waals surface area contributed by atoms with Crippen LogP contribution in [0.15, 0.2) is 78.0 Å². The summed E-state index contributed by atoms with van der Waals surface area (Å²) in [4.78, 5) is 24.9. The molecule has 7 nitrogen and oxygen atoms in total. The van der Waals surface area contributed by atoms with Gasteiger partial charge in [0.1, 0.15) is 11.6 Å². The molecule has 0 aliphatic rings. The third-order valence-electron chi connectivity index (χ3n) is 4.94. The number of aryl methyl sites for hydroxylation is 1. The van der Waals surface area contributed by atoms with Crippen molar-refractivity contribution in [2.75, 3.05) is 11.1 Å². The van der Waals surface area contributed by atoms with E-state index in [9.17, 15) is 18.4 Å². The van der Waals surface area contributed by atoms with Crippen molar-refractivity contribution in [3.05, 3.63) is 101 Å². The van der Waals surface area contributed by atoms with E-state index in [1.165, 1.54) is 42.5 Å². The van der Waals surface area contributed by atoms with Gasteiger partial charge >= 0.3 is 0 Å². The summed E-state index contributed by atoms with van der Waals surface area (Å²) in [6, 6.07) is 18.7. The molecule has 0 saturated carbocycles. The Morgan fingerprint density at radius 2 is 1.74 bits per heavy atom. The molecule has 4 rings (SSSR count). The molecule has 0 saturated heterocycles. The number of carbonyl (C=O) groups is 2. The summed E-state index contributed by atoms with van der Waals surface area (Å²) < 4.78 is 29.1. The summed E-state index contributed by atoms with van der Waals surface area (Å²) in [6.07, 6.45) is 0. The predicted octanol–water partition coefficient (Wildman–Crippen LogP) is 4.51. The number of thioether (sulfide) groups is 1. The van der Waals surface area contributed by atoms with E-state index >= 15 is 0 Å².